The van der Waals surface area contributed by atoms with Gasteiger partial charge in [-0.25, -0.2) is 13.2 Å². The first-order chi connectivity index (χ1) is 14.8. The minimum atomic E-state index is -6.29. The quantitative estimate of drug-likeness (QED) is 0.275. The van der Waals surface area contributed by atoms with Crippen molar-refractivity contribution in [3.8, 4) is 5.75 Å². The normalized spacial score (nSPS) is 12.2. The third-order valence-corrected chi connectivity index (χ3v) is 4.63. The van der Waals surface area contributed by atoms with Gasteiger partial charge in [0.2, 0.25) is 0 Å². The maximum Gasteiger partial charge on any atom is 0.534 e. The Hall–Kier alpha value is -2.54. The van der Waals surface area contributed by atoms with Crippen LogP contribution in [0, 0.1) is 24.4 Å². The summed E-state index contributed by atoms with van der Waals surface area (Å²) in [6.45, 7) is 7.49. The number of halogens is 6. The zero-order valence-corrected chi connectivity index (χ0v) is 19.0. The Balaban J connectivity index is 0.000000981. The van der Waals surface area contributed by atoms with Gasteiger partial charge in [0.15, 0.2) is 5.75 Å². The van der Waals surface area contributed by atoms with Crippen molar-refractivity contribution in [2.45, 2.75) is 52.1 Å². The van der Waals surface area contributed by atoms with Crippen molar-refractivity contribution in [2.75, 3.05) is 6.61 Å². The van der Waals surface area contributed by atoms with Crippen molar-refractivity contribution in [3.63, 3.8) is 0 Å². The van der Waals surface area contributed by atoms with Gasteiger partial charge in [0.05, 0.1) is 24.0 Å². The van der Waals surface area contributed by atoms with Crippen molar-refractivity contribution in [2.24, 2.45) is 0 Å². The van der Waals surface area contributed by atoms with E-state index in [1.54, 1.807) is 20.8 Å². The fourth-order valence-corrected chi connectivity index (χ4v) is 2.95. The minimum absolute atomic E-state index is 0.131. The van der Waals surface area contributed by atoms with Gasteiger partial charge in [0, 0.05) is 17.0 Å². The Morgan fingerprint density at radius 3 is 2.06 bits per heavy atom. The van der Waals surface area contributed by atoms with Crippen molar-refractivity contribution < 1.29 is 53.6 Å². The fraction of sp³-hybridized carbons (Fsp3) is 0.450. The molecule has 0 aromatic heterocycles. The molecule has 186 valence electrons. The Labute approximate surface area is 186 Å². The fourth-order valence-electron chi connectivity index (χ4n) is 2.45. The summed E-state index contributed by atoms with van der Waals surface area (Å²) >= 11 is 0. The summed E-state index contributed by atoms with van der Waals surface area (Å²) in [7, 11) is -6.29. The molecule has 0 atom stereocenters. The monoisotopic (exact) mass is 504 g/mol. The van der Waals surface area contributed by atoms with E-state index in [1.807, 2.05) is 0 Å². The molecule has 0 fully saturated rings. The van der Waals surface area contributed by atoms with Crippen LogP contribution < -0.4 is 4.18 Å². The Bertz CT molecular complexity index is 1130. The number of esters is 1. The summed E-state index contributed by atoms with van der Waals surface area (Å²) < 4.78 is 112. The number of carbonyl (C=O) groups is 1. The summed E-state index contributed by atoms with van der Waals surface area (Å²) in [5.74, 6) is -6.39. The number of alkyl halides is 3. The standard InChI is InChI=1S/C16H12F6O5S.C4H10O/c1-3-26-12(23)6-9-7(2)14(19)13-10(4-8(17)5-11(13)18)15(9)27-28(24,25)16(20,21)22;1-4(2,3)5/h4-5H,3,6H2,1-2H3;5H,1-3H3. The topological polar surface area (TPSA) is 89.9 Å². The summed E-state index contributed by atoms with van der Waals surface area (Å²) in [6, 6.07) is 0.661. The molecule has 0 saturated carbocycles. The highest BCUT2D eigenvalue weighted by Gasteiger charge is 2.49. The SMILES string of the molecule is CC(C)(C)O.CCOC(=O)Cc1c(C)c(F)c2c(F)cc(F)cc2c1OS(=O)(=O)C(F)(F)F. The van der Waals surface area contributed by atoms with Crippen LogP contribution in [0.25, 0.3) is 10.8 Å². The van der Waals surface area contributed by atoms with E-state index in [0.29, 0.717) is 6.07 Å². The highest BCUT2D eigenvalue weighted by molar-refractivity contribution is 7.88. The molecule has 0 aliphatic rings. The Morgan fingerprint density at radius 1 is 1.09 bits per heavy atom. The lowest BCUT2D eigenvalue weighted by molar-refractivity contribution is -0.142. The third-order valence-electron chi connectivity index (χ3n) is 3.68. The molecule has 0 heterocycles. The van der Waals surface area contributed by atoms with Crippen molar-refractivity contribution in [1.82, 2.24) is 0 Å². The second kappa shape index (κ2) is 10.2. The average Bonchev–Trinajstić information content (AvgIpc) is 2.59. The molecule has 0 spiro atoms. The molecule has 0 bridgehead atoms. The number of hydrogen-bond donors (Lipinski definition) is 1. The van der Waals surface area contributed by atoms with Crippen LogP contribution in [0.4, 0.5) is 26.3 Å². The van der Waals surface area contributed by atoms with Gasteiger partial charge >= 0.3 is 21.6 Å². The third kappa shape index (κ3) is 7.49. The predicted molar refractivity (Wildman–Crippen MR) is 106 cm³/mol. The predicted octanol–water partition coefficient (Wildman–Crippen LogP) is 4.68. The second-order valence-corrected chi connectivity index (χ2v) is 9.23. The number of benzene rings is 2. The largest absolute Gasteiger partial charge is 0.534 e. The van der Waals surface area contributed by atoms with Crippen LogP contribution in [0.2, 0.25) is 0 Å². The van der Waals surface area contributed by atoms with E-state index in [4.69, 9.17) is 5.11 Å². The molecule has 0 saturated heterocycles. The van der Waals surface area contributed by atoms with Crippen molar-refractivity contribution in [1.29, 1.82) is 0 Å². The van der Waals surface area contributed by atoms with Gasteiger partial charge in [0.25, 0.3) is 0 Å². The number of rotatable bonds is 5. The van der Waals surface area contributed by atoms with Crippen molar-refractivity contribution >= 4 is 26.9 Å². The smallest absolute Gasteiger partial charge is 0.466 e. The summed E-state index contributed by atoms with van der Waals surface area (Å²) in [5.41, 5.74) is -7.59. The van der Waals surface area contributed by atoms with E-state index >= 15 is 0 Å². The molecule has 2 rings (SSSR count). The van der Waals surface area contributed by atoms with E-state index in [-0.39, 0.29) is 12.7 Å². The maximum atomic E-state index is 14.6. The van der Waals surface area contributed by atoms with Crippen LogP contribution in [-0.2, 0) is 26.1 Å². The zero-order chi connectivity index (χ0) is 25.9. The van der Waals surface area contributed by atoms with E-state index in [2.05, 4.69) is 8.92 Å². The molecule has 2 aromatic rings. The van der Waals surface area contributed by atoms with Gasteiger partial charge in [0.1, 0.15) is 17.5 Å². The Kier molecular flexibility index (Phi) is 8.77. The van der Waals surface area contributed by atoms with Gasteiger partial charge in [-0.05, 0) is 46.2 Å². The first-order valence-corrected chi connectivity index (χ1v) is 10.7. The number of aliphatic hydroxyl groups is 1. The van der Waals surface area contributed by atoms with Crippen LogP contribution in [0.3, 0.4) is 0 Å². The molecule has 0 aliphatic carbocycles. The molecule has 6 nitrogen and oxygen atoms in total. The van der Waals surface area contributed by atoms with E-state index < -0.39 is 78.7 Å². The van der Waals surface area contributed by atoms with Crippen LogP contribution in [0.1, 0.15) is 38.8 Å². The molecule has 0 amide bonds. The maximum absolute atomic E-state index is 14.6. The summed E-state index contributed by atoms with van der Waals surface area (Å²) in [5, 5.41) is 6.61. The molecule has 0 aliphatic heterocycles. The number of fused-ring (bicyclic) bond motifs is 1. The number of carbonyl (C=O) groups excluding carboxylic acids is 1. The van der Waals surface area contributed by atoms with Crippen LogP contribution >= 0.6 is 0 Å². The first kappa shape index (κ1) is 28.5. The van der Waals surface area contributed by atoms with Gasteiger partial charge < -0.3 is 14.0 Å². The second-order valence-electron chi connectivity index (χ2n) is 7.69. The minimum Gasteiger partial charge on any atom is -0.466 e. The molecule has 13 heteroatoms. The molecule has 1 N–H and O–H groups in total. The first-order valence-electron chi connectivity index (χ1n) is 9.28. The van der Waals surface area contributed by atoms with Gasteiger partial charge in [-0.2, -0.15) is 21.6 Å². The summed E-state index contributed by atoms with van der Waals surface area (Å²) in [6.07, 6.45) is -0.895. The molecular formula is C20H22F6O6S. The van der Waals surface area contributed by atoms with Gasteiger partial charge in [-0.3, -0.25) is 4.79 Å². The lowest BCUT2D eigenvalue weighted by Gasteiger charge is -2.18. The van der Waals surface area contributed by atoms with Crippen LogP contribution in [0.15, 0.2) is 12.1 Å². The van der Waals surface area contributed by atoms with Gasteiger partial charge in [-0.1, -0.05) is 0 Å². The highest BCUT2D eigenvalue weighted by atomic mass is 32.2. The summed E-state index contributed by atoms with van der Waals surface area (Å²) in [4.78, 5) is 11.7. The molecule has 0 radical (unpaired) electrons. The van der Waals surface area contributed by atoms with E-state index in [1.165, 1.54) is 6.92 Å². The lowest BCUT2D eigenvalue weighted by atomic mass is 9.96. The van der Waals surface area contributed by atoms with E-state index in [9.17, 15) is 39.6 Å². The van der Waals surface area contributed by atoms with Crippen molar-refractivity contribution in [3.05, 3.63) is 40.7 Å². The molecular weight excluding hydrogens is 482 g/mol. The Morgan fingerprint density at radius 2 is 1.61 bits per heavy atom. The number of hydrogen-bond acceptors (Lipinski definition) is 6. The number of ether oxygens (including phenoxy) is 1. The molecule has 0 unspecified atom stereocenters. The van der Waals surface area contributed by atoms with Crippen LogP contribution in [0.5, 0.6) is 5.75 Å². The van der Waals surface area contributed by atoms with E-state index in [0.717, 1.165) is 6.92 Å². The lowest BCUT2D eigenvalue weighted by Crippen LogP contribution is -2.29. The molecule has 2 aromatic carbocycles. The average molecular weight is 504 g/mol. The molecule has 33 heavy (non-hydrogen) atoms. The van der Waals surface area contributed by atoms with Crippen LogP contribution in [-0.4, -0.2) is 37.2 Å². The van der Waals surface area contributed by atoms with Gasteiger partial charge in [-0.15, -0.1) is 0 Å². The zero-order valence-electron chi connectivity index (χ0n) is 18.2. The highest BCUT2D eigenvalue weighted by Crippen LogP contribution is 2.40.